The van der Waals surface area contributed by atoms with E-state index in [0.717, 1.165) is 24.8 Å². The van der Waals surface area contributed by atoms with Crippen LogP contribution in [0.25, 0.3) is 0 Å². The highest BCUT2D eigenvalue weighted by Gasteiger charge is 2.72. The average Bonchev–Trinajstić information content (AvgIpc) is 3.38. The molecule has 4 heterocycles. The predicted octanol–water partition coefficient (Wildman–Crippen LogP) is -1.40. The third-order valence-electron chi connectivity index (χ3n) is 21.4. The second kappa shape index (κ2) is 20.7. The number of rotatable bonds is 10. The van der Waals surface area contributed by atoms with E-state index in [1.165, 1.54) is 6.92 Å². The Kier molecular flexibility index (Phi) is 16.1. The number of allylic oxidation sites excluding steroid dienone is 1. The number of fused-ring (bicyclic) bond motifs is 7. The summed E-state index contributed by atoms with van der Waals surface area (Å²) in [7, 11) is 0. The molecule has 4 aliphatic heterocycles. The molecular weight excluding hydrogens is 989 g/mol. The average molecular weight is 1080 g/mol. The van der Waals surface area contributed by atoms with Crippen LogP contribution in [0.1, 0.15) is 113 Å². The van der Waals surface area contributed by atoms with Crippen molar-refractivity contribution in [1.29, 1.82) is 0 Å². The van der Waals surface area contributed by atoms with Crippen molar-refractivity contribution in [3.8, 4) is 0 Å². The molecule has 0 bridgehead atoms. The van der Waals surface area contributed by atoms with Gasteiger partial charge in [-0.05, 0) is 111 Å². The van der Waals surface area contributed by atoms with E-state index in [1.54, 1.807) is 6.92 Å². The number of esters is 1. The Morgan fingerprint density at radius 3 is 1.81 bits per heavy atom. The summed E-state index contributed by atoms with van der Waals surface area (Å²) in [6, 6.07) is 0. The molecule has 22 nitrogen and oxygen atoms in total. The number of ether oxygens (including phenoxy) is 8. The minimum atomic E-state index is -1.84. The zero-order valence-corrected chi connectivity index (χ0v) is 44.4. The van der Waals surface area contributed by atoms with Crippen molar-refractivity contribution in [3.05, 3.63) is 11.6 Å². The lowest BCUT2D eigenvalue weighted by Crippen LogP contribution is -2.68. The first-order valence-corrected chi connectivity index (χ1v) is 27.3. The van der Waals surface area contributed by atoms with Gasteiger partial charge in [-0.25, -0.2) is 0 Å². The van der Waals surface area contributed by atoms with Crippen molar-refractivity contribution in [2.45, 2.75) is 242 Å². The first-order valence-electron chi connectivity index (χ1n) is 27.3. The zero-order valence-electron chi connectivity index (χ0n) is 44.4. The van der Waals surface area contributed by atoms with E-state index in [4.69, 9.17) is 37.9 Å². The quantitative estimate of drug-likeness (QED) is 0.0680. The third-order valence-corrected chi connectivity index (χ3v) is 21.4. The maximum absolute atomic E-state index is 14.8. The van der Waals surface area contributed by atoms with E-state index in [-0.39, 0.29) is 35.2 Å². The van der Waals surface area contributed by atoms with Gasteiger partial charge in [0.2, 0.25) is 6.29 Å². The Balaban J connectivity index is 0.986. The molecule has 0 amide bonds. The lowest BCUT2D eigenvalue weighted by atomic mass is 9.33. The maximum atomic E-state index is 14.8. The van der Waals surface area contributed by atoms with E-state index in [0.29, 0.717) is 38.5 Å². The monoisotopic (exact) mass is 1070 g/mol. The van der Waals surface area contributed by atoms with Crippen molar-refractivity contribution in [2.24, 2.45) is 50.7 Å². The normalized spacial score (nSPS) is 55.8. The number of hydrogen-bond acceptors (Lipinski definition) is 22. The van der Waals surface area contributed by atoms with Crippen molar-refractivity contribution in [1.82, 2.24) is 0 Å². The molecule has 5 aliphatic carbocycles. The summed E-state index contributed by atoms with van der Waals surface area (Å²) in [5.41, 5.74) is -3.15. The highest BCUT2D eigenvalue weighted by Crippen LogP contribution is 2.76. The fourth-order valence-electron chi connectivity index (χ4n) is 16.4. The van der Waals surface area contributed by atoms with Crippen LogP contribution in [0.5, 0.6) is 0 Å². The van der Waals surface area contributed by atoms with Crippen LogP contribution in [0.15, 0.2) is 11.6 Å². The smallest absolute Gasteiger partial charge is 0.315 e. The number of carbonyl (C=O) groups excluding carboxylic acids is 1. The summed E-state index contributed by atoms with van der Waals surface area (Å²) in [5, 5.41) is 140. The topological polar surface area (TPSA) is 354 Å². The summed E-state index contributed by atoms with van der Waals surface area (Å²) in [4.78, 5) is 14.8. The highest BCUT2D eigenvalue weighted by molar-refractivity contribution is 5.79. The van der Waals surface area contributed by atoms with Crippen LogP contribution in [0.4, 0.5) is 0 Å². The first kappa shape index (κ1) is 58.1. The minimum absolute atomic E-state index is 0.0741. The van der Waals surface area contributed by atoms with Gasteiger partial charge in [-0.1, -0.05) is 53.2 Å². The van der Waals surface area contributed by atoms with Crippen LogP contribution in [-0.4, -0.2) is 221 Å². The first-order chi connectivity index (χ1) is 35.0. The largest absolute Gasteiger partial charge is 0.432 e. The fraction of sp³-hybridized carbons (Fsp3) is 0.943. The van der Waals surface area contributed by atoms with Gasteiger partial charge < -0.3 is 104 Å². The Morgan fingerprint density at radius 2 is 1.19 bits per heavy atom. The summed E-state index contributed by atoms with van der Waals surface area (Å²) in [6.07, 6.45) is -22.6. The molecule has 8 fully saturated rings. The van der Waals surface area contributed by atoms with Gasteiger partial charge in [0, 0.05) is 5.92 Å². The molecular formula is C53H86O22. The van der Waals surface area contributed by atoms with Gasteiger partial charge in [0.25, 0.3) is 0 Å². The molecule has 0 unspecified atom stereocenters. The zero-order chi connectivity index (χ0) is 54.9. The van der Waals surface area contributed by atoms with Gasteiger partial charge in [-0.2, -0.15) is 0 Å². The van der Waals surface area contributed by atoms with Crippen LogP contribution in [-0.2, 0) is 42.7 Å². The van der Waals surface area contributed by atoms with Gasteiger partial charge in [-0.3, -0.25) is 4.79 Å². The maximum Gasteiger partial charge on any atom is 0.315 e. The van der Waals surface area contributed by atoms with E-state index in [1.807, 2.05) is 6.92 Å². The minimum Gasteiger partial charge on any atom is -0.432 e. The number of aliphatic hydroxyl groups excluding tert-OH is 12. The molecule has 0 aromatic heterocycles. The molecule has 75 heavy (non-hydrogen) atoms. The highest BCUT2D eigenvalue weighted by atomic mass is 16.8. The van der Waals surface area contributed by atoms with Crippen molar-refractivity contribution < 1.29 is 109 Å². The molecule has 4 saturated heterocycles. The summed E-state index contributed by atoms with van der Waals surface area (Å²) in [5.74, 6) is -1.31. The summed E-state index contributed by atoms with van der Waals surface area (Å²) >= 11 is 0. The van der Waals surface area contributed by atoms with Gasteiger partial charge in [0.05, 0.1) is 43.0 Å². The SMILES string of the molecule is C[C@@H]1O[C@@H](O[C@H]2[C@H](O[C@@H]3CC[C@]4(C)[C@H](CC[C@@]5(C)[C@H]4CC=C4[C@@H]6[C@@](C(=O)O[C@@H]7O[C@H](CO)[C@@H](O)[C@H](O)[C@H]7O)(CC[C@H](C)[C@@]6(C)O)CC[C@@]45C)C3(C)C)OC[C@H](O)[C@@H]2O[C@@H]2O[C@H](CO)[C@@H](O)[C@H](O)[C@H]2O)[C@H](O)[C@H](O)[C@H]1O. The Labute approximate surface area is 437 Å². The van der Waals surface area contributed by atoms with Crippen LogP contribution >= 0.6 is 0 Å². The Bertz CT molecular complexity index is 2070. The molecule has 13 N–H and O–H groups in total. The van der Waals surface area contributed by atoms with Gasteiger partial charge >= 0.3 is 5.97 Å². The second-order valence-electron chi connectivity index (χ2n) is 25.5. The Hall–Kier alpha value is -1.59. The molecule has 29 atom stereocenters. The molecule has 0 spiro atoms. The van der Waals surface area contributed by atoms with Gasteiger partial charge in [0.15, 0.2) is 18.9 Å². The number of hydrogen-bond donors (Lipinski definition) is 13. The van der Waals surface area contributed by atoms with Crippen molar-refractivity contribution >= 4 is 5.97 Å². The third kappa shape index (κ3) is 9.12. The van der Waals surface area contributed by atoms with E-state index in [2.05, 4.69) is 40.7 Å². The molecule has 0 aromatic carbocycles. The summed E-state index contributed by atoms with van der Waals surface area (Å²) in [6.45, 7) is 14.8. The predicted molar refractivity (Wildman–Crippen MR) is 257 cm³/mol. The van der Waals surface area contributed by atoms with E-state index < -0.39 is 170 Å². The molecule has 9 rings (SSSR count). The fourth-order valence-corrected chi connectivity index (χ4v) is 16.4. The lowest BCUT2D eigenvalue weighted by Gasteiger charge is -2.72. The van der Waals surface area contributed by atoms with Gasteiger partial charge in [-0.15, -0.1) is 0 Å². The van der Waals surface area contributed by atoms with Crippen LogP contribution in [0.3, 0.4) is 0 Å². The van der Waals surface area contributed by atoms with Crippen molar-refractivity contribution in [3.63, 3.8) is 0 Å². The number of carbonyl (C=O) groups is 1. The molecule has 4 saturated carbocycles. The Morgan fingerprint density at radius 1 is 0.613 bits per heavy atom. The van der Waals surface area contributed by atoms with Crippen LogP contribution < -0.4 is 0 Å². The molecule has 0 radical (unpaired) electrons. The van der Waals surface area contributed by atoms with Gasteiger partial charge in [0.1, 0.15) is 85.5 Å². The van der Waals surface area contributed by atoms with Crippen LogP contribution in [0.2, 0.25) is 0 Å². The lowest BCUT2D eigenvalue weighted by molar-refractivity contribution is -0.388. The molecule has 0 aromatic rings. The standard InChI is InChI=1S/C53H86O22/c1-22-11-16-53(47(66)75-45-39(65)36(62)33(59)27(20-55)71-45)18-17-50(6)24(42(53)52(22,8)67)9-10-29-49(5)14-13-30(48(3,4)28(49)12-15-51(29,50)7)72-46-41(74-43-37(63)34(60)31(57)23(2)69-43)40(25(56)21-68-46)73-44-38(64)35(61)32(58)26(19-54)70-44/h9,22-23,25-46,54-65,67H,10-21H2,1-8H3/t22-,23-,25-,26+,27+,28+,29-,30+,31-,32+,33+,34+,35-,36-,37+,38+,39+,40-,41+,42-,43-,44-,45-,46-,49+,50-,51-,52+,53+/m0/s1. The second-order valence-corrected chi connectivity index (χ2v) is 25.5. The van der Waals surface area contributed by atoms with Crippen molar-refractivity contribution in [2.75, 3.05) is 19.8 Å². The summed E-state index contributed by atoms with van der Waals surface area (Å²) < 4.78 is 48.8. The molecule has 22 heteroatoms. The van der Waals surface area contributed by atoms with E-state index >= 15 is 0 Å². The van der Waals surface area contributed by atoms with Crippen LogP contribution in [0, 0.1) is 50.7 Å². The number of aliphatic hydroxyl groups is 13. The molecule has 9 aliphatic rings. The molecule has 430 valence electrons. The van der Waals surface area contributed by atoms with E-state index in [9.17, 15) is 71.2 Å².